The number of piperidine rings is 1. The zero-order valence-corrected chi connectivity index (χ0v) is 14.1. The summed E-state index contributed by atoms with van der Waals surface area (Å²) in [6, 6.07) is 0.324. The Morgan fingerprint density at radius 3 is 2.83 bits per heavy atom. The van der Waals surface area contributed by atoms with Gasteiger partial charge < -0.3 is 14.6 Å². The molecule has 24 heavy (non-hydrogen) atoms. The highest BCUT2D eigenvalue weighted by molar-refractivity contribution is 5.32. The van der Waals surface area contributed by atoms with Gasteiger partial charge in [-0.05, 0) is 19.3 Å². The lowest BCUT2D eigenvalue weighted by atomic mass is 9.87. The van der Waals surface area contributed by atoms with Crippen molar-refractivity contribution in [3.05, 3.63) is 36.8 Å². The van der Waals surface area contributed by atoms with Crippen molar-refractivity contribution in [3.8, 4) is 0 Å². The summed E-state index contributed by atoms with van der Waals surface area (Å²) >= 11 is 0. The molecule has 2 aliphatic heterocycles. The fourth-order valence-electron chi connectivity index (χ4n) is 3.75. The highest BCUT2D eigenvalue weighted by atomic mass is 16.5. The van der Waals surface area contributed by atoms with E-state index in [1.165, 1.54) is 5.69 Å². The van der Waals surface area contributed by atoms with Crippen molar-refractivity contribution in [1.82, 2.24) is 24.4 Å². The summed E-state index contributed by atoms with van der Waals surface area (Å²) in [5.41, 5.74) is 1.29. The Kier molecular flexibility index (Phi) is 4.20. The molecule has 7 heteroatoms. The molecule has 2 fully saturated rings. The molecule has 128 valence electrons. The van der Waals surface area contributed by atoms with E-state index in [4.69, 9.17) is 4.74 Å². The Bertz CT molecular complexity index is 665. The van der Waals surface area contributed by atoms with E-state index in [0.29, 0.717) is 6.04 Å². The predicted octanol–water partition coefficient (Wildman–Crippen LogP) is 1.45. The van der Waals surface area contributed by atoms with Crippen LogP contribution in [0.2, 0.25) is 0 Å². The zero-order chi connectivity index (χ0) is 16.4. The second kappa shape index (κ2) is 6.49. The highest BCUT2D eigenvalue weighted by Crippen LogP contribution is 2.37. The van der Waals surface area contributed by atoms with E-state index in [-0.39, 0.29) is 5.60 Å². The summed E-state index contributed by atoms with van der Waals surface area (Å²) in [6.07, 6.45) is 12.2. The van der Waals surface area contributed by atoms with Crippen molar-refractivity contribution in [3.63, 3.8) is 0 Å². The molecule has 2 saturated heterocycles. The van der Waals surface area contributed by atoms with E-state index >= 15 is 0 Å². The van der Waals surface area contributed by atoms with Crippen LogP contribution in [0.5, 0.6) is 0 Å². The fraction of sp³-hybridized carbons (Fsp3) is 0.588. The number of hydrogen-bond donors (Lipinski definition) is 1. The molecular weight excluding hydrogens is 304 g/mol. The van der Waals surface area contributed by atoms with Crippen LogP contribution >= 0.6 is 0 Å². The molecule has 0 amide bonds. The van der Waals surface area contributed by atoms with E-state index in [0.717, 1.165) is 51.3 Å². The Hall–Kier alpha value is -1.99. The van der Waals surface area contributed by atoms with Crippen molar-refractivity contribution < 1.29 is 4.74 Å². The molecule has 1 N–H and O–H groups in total. The van der Waals surface area contributed by atoms with Crippen LogP contribution in [0.15, 0.2) is 31.1 Å². The molecule has 1 atom stereocenters. The third-order valence-electron chi connectivity index (χ3n) is 5.19. The van der Waals surface area contributed by atoms with Crippen LogP contribution in [0, 0.1) is 0 Å². The molecule has 0 bridgehead atoms. The first-order chi connectivity index (χ1) is 11.7. The Balaban J connectivity index is 1.30. The summed E-state index contributed by atoms with van der Waals surface area (Å²) in [6.45, 7) is 3.86. The van der Waals surface area contributed by atoms with Gasteiger partial charge in [0.15, 0.2) is 0 Å². The monoisotopic (exact) mass is 328 g/mol. The van der Waals surface area contributed by atoms with E-state index < -0.39 is 0 Å². The molecule has 2 aromatic heterocycles. The maximum Gasteiger partial charge on any atom is 0.144 e. The Morgan fingerprint density at radius 2 is 2.12 bits per heavy atom. The first-order valence-electron chi connectivity index (χ1n) is 8.57. The summed E-state index contributed by atoms with van der Waals surface area (Å²) in [4.78, 5) is 15.1. The molecule has 0 aromatic carbocycles. The van der Waals surface area contributed by atoms with Gasteiger partial charge in [0.1, 0.15) is 5.82 Å². The fourth-order valence-corrected chi connectivity index (χ4v) is 3.75. The van der Waals surface area contributed by atoms with Gasteiger partial charge in [0.2, 0.25) is 0 Å². The number of aryl methyl sites for hydroxylation is 1. The van der Waals surface area contributed by atoms with E-state index in [1.54, 1.807) is 18.6 Å². The normalized spacial score (nSPS) is 23.6. The van der Waals surface area contributed by atoms with Gasteiger partial charge in [-0.25, -0.2) is 9.97 Å². The summed E-state index contributed by atoms with van der Waals surface area (Å²) < 4.78 is 8.31. The second-order valence-electron chi connectivity index (χ2n) is 6.90. The average Bonchev–Trinajstić information content (AvgIpc) is 3.18. The van der Waals surface area contributed by atoms with Gasteiger partial charge >= 0.3 is 0 Å². The summed E-state index contributed by atoms with van der Waals surface area (Å²) in [7, 11) is 2.05. The van der Waals surface area contributed by atoms with Crippen molar-refractivity contribution in [1.29, 1.82) is 0 Å². The van der Waals surface area contributed by atoms with E-state index in [2.05, 4.69) is 36.8 Å². The lowest BCUT2D eigenvalue weighted by Gasteiger charge is -2.38. The molecule has 1 unspecified atom stereocenters. The highest BCUT2D eigenvalue weighted by Gasteiger charge is 2.42. The number of imidazole rings is 1. The number of anilines is 1. The van der Waals surface area contributed by atoms with Gasteiger partial charge in [-0.15, -0.1) is 0 Å². The molecule has 4 rings (SSSR count). The number of hydrogen-bond acceptors (Lipinski definition) is 6. The van der Waals surface area contributed by atoms with Crippen LogP contribution in [0.4, 0.5) is 5.82 Å². The third-order valence-corrected chi connectivity index (χ3v) is 5.19. The van der Waals surface area contributed by atoms with Crippen LogP contribution < -0.4 is 5.32 Å². The number of nitrogens with one attached hydrogen (secondary N) is 1. The standard InChI is InChI=1S/C17H24N6O/c1-22-13-19-9-15(22)11-23-6-2-17(3-7-23)8-14(12-24-17)21-16-10-18-4-5-20-16/h4-5,9-10,13-14H,2-3,6-8,11-12H2,1H3,(H,20,21). The Morgan fingerprint density at radius 1 is 1.25 bits per heavy atom. The largest absolute Gasteiger partial charge is 0.373 e. The molecule has 4 heterocycles. The van der Waals surface area contributed by atoms with Crippen LogP contribution in [0.25, 0.3) is 0 Å². The molecule has 0 radical (unpaired) electrons. The lowest BCUT2D eigenvalue weighted by Crippen LogP contribution is -2.44. The van der Waals surface area contributed by atoms with E-state index in [1.807, 2.05) is 12.5 Å². The number of likely N-dealkylation sites (tertiary alicyclic amines) is 1. The van der Waals surface area contributed by atoms with Crippen molar-refractivity contribution in [2.45, 2.75) is 37.5 Å². The van der Waals surface area contributed by atoms with Crippen molar-refractivity contribution >= 4 is 5.82 Å². The third kappa shape index (κ3) is 3.27. The smallest absolute Gasteiger partial charge is 0.144 e. The van der Waals surface area contributed by atoms with Gasteiger partial charge in [-0.3, -0.25) is 9.88 Å². The average molecular weight is 328 g/mol. The number of aromatic nitrogens is 4. The number of nitrogens with zero attached hydrogens (tertiary/aromatic N) is 5. The number of ether oxygens (including phenoxy) is 1. The van der Waals surface area contributed by atoms with Crippen LogP contribution in [-0.4, -0.2) is 55.8 Å². The second-order valence-corrected chi connectivity index (χ2v) is 6.90. The van der Waals surface area contributed by atoms with E-state index in [9.17, 15) is 0 Å². The minimum absolute atomic E-state index is 0.0306. The minimum Gasteiger partial charge on any atom is -0.373 e. The summed E-state index contributed by atoms with van der Waals surface area (Å²) in [5.74, 6) is 0.830. The van der Waals surface area contributed by atoms with Gasteiger partial charge in [0.25, 0.3) is 0 Å². The Labute approximate surface area is 142 Å². The molecule has 2 aromatic rings. The SMILES string of the molecule is Cn1cncc1CN1CCC2(CC1)CC(Nc1cnccn1)CO2. The maximum absolute atomic E-state index is 6.22. The quantitative estimate of drug-likeness (QED) is 0.916. The van der Waals surface area contributed by atoms with Crippen LogP contribution in [-0.2, 0) is 18.3 Å². The molecule has 0 saturated carbocycles. The van der Waals surface area contributed by atoms with Gasteiger partial charge in [-0.1, -0.05) is 0 Å². The minimum atomic E-state index is 0.0306. The van der Waals surface area contributed by atoms with Gasteiger partial charge in [0, 0.05) is 45.3 Å². The van der Waals surface area contributed by atoms with Crippen LogP contribution in [0.1, 0.15) is 25.0 Å². The first-order valence-corrected chi connectivity index (χ1v) is 8.57. The predicted molar refractivity (Wildman–Crippen MR) is 90.5 cm³/mol. The van der Waals surface area contributed by atoms with Gasteiger partial charge in [0.05, 0.1) is 36.5 Å². The van der Waals surface area contributed by atoms with Gasteiger partial charge in [-0.2, -0.15) is 0 Å². The molecule has 7 nitrogen and oxygen atoms in total. The zero-order valence-electron chi connectivity index (χ0n) is 14.1. The molecule has 1 spiro atoms. The maximum atomic E-state index is 6.22. The number of rotatable bonds is 4. The lowest BCUT2D eigenvalue weighted by molar-refractivity contribution is -0.0450. The topological polar surface area (TPSA) is 68.1 Å². The summed E-state index contributed by atoms with van der Waals surface area (Å²) in [5, 5.41) is 3.44. The van der Waals surface area contributed by atoms with Crippen LogP contribution in [0.3, 0.4) is 0 Å². The first kappa shape index (κ1) is 15.5. The molecular formula is C17H24N6O. The van der Waals surface area contributed by atoms with Crippen molar-refractivity contribution in [2.75, 3.05) is 25.0 Å². The molecule has 0 aliphatic carbocycles. The molecule has 2 aliphatic rings. The van der Waals surface area contributed by atoms with Crippen molar-refractivity contribution in [2.24, 2.45) is 7.05 Å².